The number of aryl methyl sites for hydroxylation is 1. The number of nitrogens with one attached hydrogen (secondary N) is 1. The van der Waals surface area contributed by atoms with Crippen LogP contribution in [0.1, 0.15) is 60.5 Å². The van der Waals surface area contributed by atoms with Crippen molar-refractivity contribution >= 4 is 17.7 Å². The lowest BCUT2D eigenvalue weighted by atomic mass is 10.0. The second-order valence-electron chi connectivity index (χ2n) is 7.45. The summed E-state index contributed by atoms with van der Waals surface area (Å²) in [6.07, 6.45) is 0.790. The monoisotopic (exact) mass is 361 g/mol. The van der Waals surface area contributed by atoms with Crippen LogP contribution in [0.2, 0.25) is 0 Å². The molecule has 2 aromatic rings. The molecule has 6 heteroatoms. The normalized spacial score (nSPS) is 17.3. The number of fused-ring (bicyclic) bond motifs is 1. The number of hydrogen-bond acceptors (Lipinski definition) is 3. The molecule has 1 N–H and O–H groups in total. The first-order valence-electron chi connectivity index (χ1n) is 8.49. The number of carbonyl (C=O) groups is 1. The number of thioether (sulfide) groups is 1. The van der Waals surface area contributed by atoms with Crippen molar-refractivity contribution in [1.82, 2.24) is 15.1 Å². The summed E-state index contributed by atoms with van der Waals surface area (Å²) in [6, 6.07) is 4.90. The molecule has 25 heavy (non-hydrogen) atoms. The van der Waals surface area contributed by atoms with Crippen LogP contribution in [0.4, 0.5) is 4.39 Å². The van der Waals surface area contributed by atoms with E-state index in [4.69, 9.17) is 0 Å². The number of hydrogen-bond donors (Lipinski definition) is 1. The van der Waals surface area contributed by atoms with Gasteiger partial charge in [0.1, 0.15) is 5.82 Å². The van der Waals surface area contributed by atoms with Gasteiger partial charge in [0.2, 0.25) is 0 Å². The van der Waals surface area contributed by atoms with Gasteiger partial charge in [0, 0.05) is 16.3 Å². The van der Waals surface area contributed by atoms with E-state index in [0.717, 1.165) is 29.1 Å². The van der Waals surface area contributed by atoms with E-state index in [9.17, 15) is 9.18 Å². The minimum atomic E-state index is -0.214. The molecule has 2 heterocycles. The quantitative estimate of drug-likeness (QED) is 0.864. The Bertz CT molecular complexity index is 823. The predicted molar refractivity (Wildman–Crippen MR) is 98.6 cm³/mol. The van der Waals surface area contributed by atoms with Gasteiger partial charge in [-0.05, 0) is 52.7 Å². The molecule has 0 saturated heterocycles. The van der Waals surface area contributed by atoms with Gasteiger partial charge < -0.3 is 5.32 Å². The van der Waals surface area contributed by atoms with Crippen molar-refractivity contribution in [1.29, 1.82) is 0 Å². The zero-order valence-corrected chi connectivity index (χ0v) is 16.1. The summed E-state index contributed by atoms with van der Waals surface area (Å²) in [4.78, 5) is 13.6. The molecule has 0 unspecified atom stereocenters. The largest absolute Gasteiger partial charge is 0.345 e. The van der Waals surface area contributed by atoms with Crippen LogP contribution in [0.3, 0.4) is 0 Å². The average Bonchev–Trinajstić information content (AvgIpc) is 2.83. The number of amides is 1. The minimum absolute atomic E-state index is 0.141. The predicted octanol–water partition coefficient (Wildman–Crippen LogP) is 4.36. The smallest absolute Gasteiger partial charge is 0.255 e. The van der Waals surface area contributed by atoms with Crippen LogP contribution in [0.5, 0.6) is 0 Å². The second-order valence-corrected chi connectivity index (χ2v) is 8.55. The van der Waals surface area contributed by atoms with E-state index >= 15 is 0 Å². The Morgan fingerprint density at radius 2 is 2.08 bits per heavy atom. The zero-order chi connectivity index (χ0) is 18.4. The van der Waals surface area contributed by atoms with Crippen molar-refractivity contribution in [3.05, 3.63) is 46.5 Å². The highest BCUT2D eigenvalue weighted by molar-refractivity contribution is 7.99. The molecule has 0 fully saturated rings. The van der Waals surface area contributed by atoms with Crippen LogP contribution in [0.25, 0.3) is 0 Å². The highest BCUT2D eigenvalue weighted by Crippen LogP contribution is 2.38. The van der Waals surface area contributed by atoms with Crippen molar-refractivity contribution in [3.63, 3.8) is 0 Å². The maximum absolute atomic E-state index is 14.0. The van der Waals surface area contributed by atoms with Gasteiger partial charge in [0.25, 0.3) is 5.91 Å². The standard InChI is InChI=1S/C19H24FN3OS/c1-11-16(12(2)23(22-11)19(3,4)5)18(24)21-15-9-10-25-17-13(15)7-6-8-14(17)20/h6-8,15H,9-10H2,1-5H3,(H,21,24)/t15-/m1/s1. The van der Waals surface area contributed by atoms with Crippen LogP contribution in [0, 0.1) is 19.7 Å². The summed E-state index contributed by atoms with van der Waals surface area (Å²) in [5, 5.41) is 7.64. The Morgan fingerprint density at radius 1 is 1.36 bits per heavy atom. The number of aromatic nitrogens is 2. The molecule has 1 atom stereocenters. The topological polar surface area (TPSA) is 46.9 Å². The Morgan fingerprint density at radius 3 is 2.72 bits per heavy atom. The molecule has 0 bridgehead atoms. The number of halogens is 1. The first-order chi connectivity index (χ1) is 11.7. The number of carbonyl (C=O) groups excluding carboxylic acids is 1. The van der Waals surface area contributed by atoms with E-state index in [2.05, 4.69) is 31.2 Å². The molecule has 3 rings (SSSR count). The lowest BCUT2D eigenvalue weighted by molar-refractivity contribution is 0.0933. The van der Waals surface area contributed by atoms with E-state index in [1.807, 2.05) is 24.6 Å². The van der Waals surface area contributed by atoms with Crippen molar-refractivity contribution in [2.75, 3.05) is 5.75 Å². The number of benzene rings is 1. The van der Waals surface area contributed by atoms with E-state index in [1.165, 1.54) is 17.8 Å². The Labute approximate surface area is 152 Å². The van der Waals surface area contributed by atoms with Crippen molar-refractivity contribution in [3.8, 4) is 0 Å². The summed E-state index contributed by atoms with van der Waals surface area (Å²) >= 11 is 1.51. The summed E-state index contributed by atoms with van der Waals surface area (Å²) in [5.74, 6) is 0.435. The molecule has 1 aromatic heterocycles. The molecule has 4 nitrogen and oxygen atoms in total. The molecule has 1 aliphatic heterocycles. The van der Waals surface area contributed by atoms with Crippen molar-refractivity contribution in [2.24, 2.45) is 0 Å². The minimum Gasteiger partial charge on any atom is -0.345 e. The Hall–Kier alpha value is -1.82. The number of nitrogens with zero attached hydrogens (tertiary/aromatic N) is 2. The molecule has 0 aliphatic carbocycles. The van der Waals surface area contributed by atoms with Gasteiger partial charge in [-0.3, -0.25) is 9.48 Å². The van der Waals surface area contributed by atoms with E-state index in [-0.39, 0.29) is 23.3 Å². The molecule has 134 valence electrons. The SMILES string of the molecule is Cc1nn(C(C)(C)C)c(C)c1C(=O)N[C@@H]1CCSc2c(F)cccc21. The molecule has 0 spiro atoms. The maximum Gasteiger partial charge on any atom is 0.255 e. The molecule has 1 aromatic carbocycles. The third-order valence-electron chi connectivity index (χ3n) is 4.48. The third-order valence-corrected chi connectivity index (χ3v) is 5.64. The number of rotatable bonds is 2. The lowest BCUT2D eigenvalue weighted by Gasteiger charge is -2.26. The van der Waals surface area contributed by atoms with Crippen LogP contribution >= 0.6 is 11.8 Å². The van der Waals surface area contributed by atoms with Gasteiger partial charge in [-0.1, -0.05) is 12.1 Å². The third kappa shape index (κ3) is 3.32. The lowest BCUT2D eigenvalue weighted by Crippen LogP contribution is -2.32. The van der Waals surface area contributed by atoms with E-state index in [1.54, 1.807) is 6.07 Å². The van der Waals surface area contributed by atoms with Crippen LogP contribution in [-0.4, -0.2) is 21.4 Å². The maximum atomic E-state index is 14.0. The molecule has 1 aliphatic rings. The highest BCUT2D eigenvalue weighted by Gasteiger charge is 2.28. The Kier molecular flexibility index (Phi) is 4.66. The molecular formula is C19H24FN3OS. The second kappa shape index (κ2) is 6.48. The van der Waals surface area contributed by atoms with Crippen LogP contribution < -0.4 is 5.32 Å². The first-order valence-corrected chi connectivity index (χ1v) is 9.47. The molecule has 0 saturated carbocycles. The first kappa shape index (κ1) is 18.0. The zero-order valence-electron chi connectivity index (χ0n) is 15.3. The molecule has 0 radical (unpaired) electrons. The van der Waals surface area contributed by atoms with Gasteiger partial charge in [-0.2, -0.15) is 5.10 Å². The summed E-state index contributed by atoms with van der Waals surface area (Å²) in [6.45, 7) is 9.96. The fourth-order valence-corrected chi connectivity index (χ4v) is 4.53. The Balaban J connectivity index is 1.90. The van der Waals surface area contributed by atoms with Gasteiger partial charge >= 0.3 is 0 Å². The van der Waals surface area contributed by atoms with Crippen molar-refractivity contribution in [2.45, 2.75) is 57.5 Å². The molecule has 1 amide bonds. The molecular weight excluding hydrogens is 337 g/mol. The highest BCUT2D eigenvalue weighted by atomic mass is 32.2. The average molecular weight is 361 g/mol. The van der Waals surface area contributed by atoms with Gasteiger partial charge in [-0.25, -0.2) is 4.39 Å². The fraction of sp³-hybridized carbons (Fsp3) is 0.474. The van der Waals surface area contributed by atoms with E-state index < -0.39 is 0 Å². The summed E-state index contributed by atoms with van der Waals surface area (Å²) < 4.78 is 15.9. The van der Waals surface area contributed by atoms with Crippen LogP contribution in [0.15, 0.2) is 23.1 Å². The van der Waals surface area contributed by atoms with Gasteiger partial charge in [0.05, 0.1) is 22.8 Å². The van der Waals surface area contributed by atoms with Crippen molar-refractivity contribution < 1.29 is 9.18 Å². The summed E-state index contributed by atoms with van der Waals surface area (Å²) in [5.41, 5.74) is 2.86. The van der Waals surface area contributed by atoms with Crippen LogP contribution in [-0.2, 0) is 5.54 Å². The fourth-order valence-electron chi connectivity index (χ4n) is 3.39. The van der Waals surface area contributed by atoms with Gasteiger partial charge in [-0.15, -0.1) is 11.8 Å². The summed E-state index contributed by atoms with van der Waals surface area (Å²) in [7, 11) is 0. The van der Waals surface area contributed by atoms with E-state index in [0.29, 0.717) is 10.5 Å². The van der Waals surface area contributed by atoms with Gasteiger partial charge in [0.15, 0.2) is 0 Å².